The maximum Gasteiger partial charge on any atom is 0.252 e. The highest BCUT2D eigenvalue weighted by Crippen LogP contribution is 2.41. The van der Waals surface area contributed by atoms with E-state index in [1.807, 2.05) is 48.2 Å². The van der Waals surface area contributed by atoms with Gasteiger partial charge in [0.25, 0.3) is 5.91 Å². The van der Waals surface area contributed by atoms with Crippen LogP contribution in [0.5, 0.6) is 0 Å². The molecule has 28 heavy (non-hydrogen) atoms. The van der Waals surface area contributed by atoms with Crippen LogP contribution in [0.1, 0.15) is 11.1 Å². The average molecular weight is 435 g/mol. The monoisotopic (exact) mass is 434 g/mol. The molecule has 146 valence electrons. The Bertz CT molecular complexity index is 1070. The zero-order valence-corrected chi connectivity index (χ0v) is 17.6. The topological polar surface area (TPSA) is 66.8 Å². The summed E-state index contributed by atoms with van der Waals surface area (Å²) in [5.74, 6) is -0.0878. The van der Waals surface area contributed by atoms with E-state index in [4.69, 9.17) is 11.6 Å². The first kappa shape index (κ1) is 19.5. The Morgan fingerprint density at radius 3 is 2.75 bits per heavy atom. The molecule has 0 aliphatic carbocycles. The van der Waals surface area contributed by atoms with Gasteiger partial charge in [0.1, 0.15) is 0 Å². The molecule has 8 heteroatoms. The fourth-order valence-corrected chi connectivity index (χ4v) is 7.75. The second-order valence-corrected chi connectivity index (χ2v) is 10.9. The van der Waals surface area contributed by atoms with E-state index in [0.717, 1.165) is 16.8 Å². The standard InChI is InChI=1S/C20H19ClN2O3S2/c1-13-4-2-5-14(8-13)9-19(24)22-20-23(16-7-3-6-15(21)10-16)17-11-28(25,26)12-18(17)27-20/h2-8,10,17-18H,9,11-12H2,1H3. The third kappa shape index (κ3) is 4.11. The lowest BCUT2D eigenvalue weighted by Gasteiger charge is -2.24. The first-order chi connectivity index (χ1) is 13.3. The number of amides is 1. The van der Waals surface area contributed by atoms with Crippen molar-refractivity contribution in [3.8, 4) is 0 Å². The minimum atomic E-state index is -3.10. The van der Waals surface area contributed by atoms with Crippen molar-refractivity contribution in [2.45, 2.75) is 24.6 Å². The molecule has 4 rings (SSSR count). The molecule has 0 spiro atoms. The number of hydrogen-bond acceptors (Lipinski definition) is 4. The molecular weight excluding hydrogens is 416 g/mol. The van der Waals surface area contributed by atoms with E-state index in [1.165, 1.54) is 11.8 Å². The van der Waals surface area contributed by atoms with E-state index < -0.39 is 9.84 Å². The van der Waals surface area contributed by atoms with Crippen molar-refractivity contribution in [1.82, 2.24) is 0 Å². The number of hydrogen-bond donors (Lipinski definition) is 0. The molecule has 2 aromatic rings. The highest BCUT2D eigenvalue weighted by molar-refractivity contribution is 8.16. The molecular formula is C20H19ClN2O3S2. The quantitative estimate of drug-likeness (QED) is 0.739. The van der Waals surface area contributed by atoms with E-state index in [2.05, 4.69) is 4.99 Å². The molecule has 2 saturated heterocycles. The Kier molecular flexibility index (Phi) is 5.24. The van der Waals surface area contributed by atoms with Crippen LogP contribution in [0.15, 0.2) is 53.5 Å². The molecule has 2 heterocycles. The summed E-state index contributed by atoms with van der Waals surface area (Å²) < 4.78 is 24.2. The van der Waals surface area contributed by atoms with E-state index in [0.29, 0.717) is 10.2 Å². The summed E-state index contributed by atoms with van der Waals surface area (Å²) in [6, 6.07) is 14.7. The molecule has 2 aliphatic heterocycles. The molecule has 2 atom stereocenters. The Morgan fingerprint density at radius 2 is 2.00 bits per heavy atom. The largest absolute Gasteiger partial charge is 0.316 e. The van der Waals surface area contributed by atoms with Crippen LogP contribution in [0.25, 0.3) is 0 Å². The Morgan fingerprint density at radius 1 is 1.21 bits per heavy atom. The maximum absolute atomic E-state index is 12.6. The fourth-order valence-electron chi connectivity index (χ4n) is 3.64. The zero-order chi connectivity index (χ0) is 19.9. The van der Waals surface area contributed by atoms with Gasteiger partial charge in [-0.2, -0.15) is 4.99 Å². The third-order valence-electron chi connectivity index (χ3n) is 4.81. The van der Waals surface area contributed by atoms with Gasteiger partial charge in [0, 0.05) is 16.0 Å². The molecule has 0 radical (unpaired) electrons. The first-order valence-corrected chi connectivity index (χ1v) is 12.0. The number of halogens is 1. The minimum absolute atomic E-state index is 0.0578. The van der Waals surface area contributed by atoms with Crippen LogP contribution in [-0.2, 0) is 21.1 Å². The minimum Gasteiger partial charge on any atom is -0.316 e. The Hall–Kier alpha value is -1.83. The number of anilines is 1. The van der Waals surface area contributed by atoms with Crippen molar-refractivity contribution in [3.05, 3.63) is 64.7 Å². The van der Waals surface area contributed by atoms with E-state index in [9.17, 15) is 13.2 Å². The number of aryl methyl sites for hydroxylation is 1. The molecule has 1 amide bonds. The fraction of sp³-hybridized carbons (Fsp3) is 0.300. The number of rotatable bonds is 3. The highest BCUT2D eigenvalue weighted by atomic mass is 35.5. The van der Waals surface area contributed by atoms with E-state index in [1.54, 1.807) is 12.1 Å². The molecule has 2 fully saturated rings. The van der Waals surface area contributed by atoms with Gasteiger partial charge < -0.3 is 4.90 Å². The lowest BCUT2D eigenvalue weighted by atomic mass is 10.1. The summed E-state index contributed by atoms with van der Waals surface area (Å²) in [6.07, 6.45) is 0.211. The van der Waals surface area contributed by atoms with Crippen LogP contribution in [0.3, 0.4) is 0 Å². The number of carbonyl (C=O) groups is 1. The predicted octanol–water partition coefficient (Wildman–Crippen LogP) is 3.49. The molecule has 2 aliphatic rings. The van der Waals surface area contributed by atoms with Gasteiger partial charge >= 0.3 is 0 Å². The summed E-state index contributed by atoms with van der Waals surface area (Å²) in [5.41, 5.74) is 2.76. The van der Waals surface area contributed by atoms with Gasteiger partial charge in [-0.15, -0.1) is 0 Å². The zero-order valence-electron chi connectivity index (χ0n) is 15.2. The van der Waals surface area contributed by atoms with Gasteiger partial charge in [0.05, 0.1) is 24.0 Å². The highest BCUT2D eigenvalue weighted by Gasteiger charge is 2.49. The van der Waals surface area contributed by atoms with Crippen LogP contribution in [0.2, 0.25) is 5.02 Å². The summed E-state index contributed by atoms with van der Waals surface area (Å²) in [6.45, 7) is 1.98. The van der Waals surface area contributed by atoms with Gasteiger partial charge in [0.15, 0.2) is 15.0 Å². The number of nitrogens with zero attached hydrogens (tertiary/aromatic N) is 2. The second kappa shape index (κ2) is 7.54. The van der Waals surface area contributed by atoms with Crippen molar-refractivity contribution in [2.75, 3.05) is 16.4 Å². The molecule has 0 saturated carbocycles. The van der Waals surface area contributed by atoms with Crippen LogP contribution in [0.4, 0.5) is 5.69 Å². The number of thioether (sulfide) groups is 1. The van der Waals surface area contributed by atoms with E-state index >= 15 is 0 Å². The normalized spacial score (nSPS) is 24.5. The number of sulfone groups is 1. The summed E-state index contributed by atoms with van der Waals surface area (Å²) in [5, 5.41) is 0.969. The molecule has 0 N–H and O–H groups in total. The Labute approximate surface area is 173 Å². The van der Waals surface area contributed by atoms with Crippen LogP contribution in [0, 0.1) is 6.92 Å². The van der Waals surface area contributed by atoms with Gasteiger partial charge in [-0.1, -0.05) is 59.3 Å². The van der Waals surface area contributed by atoms with Crippen molar-refractivity contribution < 1.29 is 13.2 Å². The SMILES string of the molecule is Cc1cccc(CC(=O)N=C2SC3CS(=O)(=O)CC3N2c2cccc(Cl)c2)c1. The summed E-state index contributed by atoms with van der Waals surface area (Å²) in [7, 11) is -3.10. The van der Waals surface area contributed by atoms with Crippen LogP contribution >= 0.6 is 23.4 Å². The first-order valence-electron chi connectivity index (χ1n) is 8.90. The number of amidine groups is 1. The molecule has 2 unspecified atom stereocenters. The number of carbonyl (C=O) groups excluding carboxylic acids is 1. The predicted molar refractivity (Wildman–Crippen MR) is 115 cm³/mol. The lowest BCUT2D eigenvalue weighted by Crippen LogP contribution is -2.37. The van der Waals surface area contributed by atoms with Gasteiger partial charge in [-0.05, 0) is 30.7 Å². The molecule has 0 aromatic heterocycles. The van der Waals surface area contributed by atoms with Crippen molar-refractivity contribution in [3.63, 3.8) is 0 Å². The number of benzene rings is 2. The summed E-state index contributed by atoms with van der Waals surface area (Å²) >= 11 is 7.51. The smallest absolute Gasteiger partial charge is 0.252 e. The van der Waals surface area contributed by atoms with Crippen LogP contribution < -0.4 is 4.90 Å². The number of aliphatic imine (C=N–C) groups is 1. The average Bonchev–Trinajstić information content (AvgIpc) is 3.05. The molecule has 5 nitrogen and oxygen atoms in total. The van der Waals surface area contributed by atoms with E-state index in [-0.39, 0.29) is 35.1 Å². The van der Waals surface area contributed by atoms with Crippen LogP contribution in [-0.4, -0.2) is 42.3 Å². The molecule has 2 aromatic carbocycles. The van der Waals surface area contributed by atoms with Gasteiger partial charge in [-0.25, -0.2) is 8.42 Å². The second-order valence-electron chi connectivity index (χ2n) is 7.10. The lowest BCUT2D eigenvalue weighted by molar-refractivity contribution is -0.117. The van der Waals surface area contributed by atoms with Crippen molar-refractivity contribution >= 4 is 50.0 Å². The van der Waals surface area contributed by atoms with Crippen molar-refractivity contribution in [1.29, 1.82) is 0 Å². The van der Waals surface area contributed by atoms with Gasteiger partial charge in [-0.3, -0.25) is 4.79 Å². The third-order valence-corrected chi connectivity index (χ3v) is 8.26. The Balaban J connectivity index is 1.65. The molecule has 0 bridgehead atoms. The summed E-state index contributed by atoms with van der Waals surface area (Å²) in [4.78, 5) is 18.8. The number of fused-ring (bicyclic) bond motifs is 1. The maximum atomic E-state index is 12.6. The van der Waals surface area contributed by atoms with Gasteiger partial charge in [0.2, 0.25) is 0 Å². The van der Waals surface area contributed by atoms with Crippen molar-refractivity contribution in [2.24, 2.45) is 4.99 Å².